The van der Waals surface area contributed by atoms with Crippen LogP contribution in [-0.4, -0.2) is 58.4 Å². The molecule has 1 atom stereocenters. The van der Waals surface area contributed by atoms with E-state index in [1.807, 2.05) is 24.3 Å². The van der Waals surface area contributed by atoms with Crippen LogP contribution >= 0.6 is 0 Å². The highest BCUT2D eigenvalue weighted by molar-refractivity contribution is 5.33. The summed E-state index contributed by atoms with van der Waals surface area (Å²) >= 11 is 0. The fourth-order valence-corrected chi connectivity index (χ4v) is 3.73. The van der Waals surface area contributed by atoms with Gasteiger partial charge in [-0.25, -0.2) is 0 Å². The standard InChI is InChI=1S/C21H26N4O4/c1-17-16-22(12-10-18-2-6-20(7-3-18)24(26)27)14-15-23(17)13-11-19-4-8-21(9-5-19)25(28)29/h2-9,17H,10-16H2,1H3/t17-/m0/s1. The third-order valence-electron chi connectivity index (χ3n) is 5.55. The molecular weight excluding hydrogens is 372 g/mol. The van der Waals surface area contributed by atoms with Gasteiger partial charge in [-0.2, -0.15) is 0 Å². The van der Waals surface area contributed by atoms with Crippen LogP contribution < -0.4 is 0 Å². The lowest BCUT2D eigenvalue weighted by Gasteiger charge is -2.40. The van der Waals surface area contributed by atoms with E-state index in [9.17, 15) is 20.2 Å². The molecule has 0 N–H and O–H groups in total. The lowest BCUT2D eigenvalue weighted by Crippen LogP contribution is -2.52. The normalized spacial score (nSPS) is 17.9. The van der Waals surface area contributed by atoms with Crippen LogP contribution in [0.1, 0.15) is 18.1 Å². The van der Waals surface area contributed by atoms with Gasteiger partial charge >= 0.3 is 0 Å². The molecule has 1 saturated heterocycles. The van der Waals surface area contributed by atoms with Gasteiger partial charge in [-0.15, -0.1) is 0 Å². The highest BCUT2D eigenvalue weighted by Crippen LogP contribution is 2.16. The Hall–Kier alpha value is -2.84. The van der Waals surface area contributed by atoms with Gasteiger partial charge in [0.1, 0.15) is 0 Å². The number of nitro groups is 2. The maximum absolute atomic E-state index is 10.7. The van der Waals surface area contributed by atoms with Crippen molar-refractivity contribution in [2.75, 3.05) is 32.7 Å². The first-order chi connectivity index (χ1) is 13.9. The van der Waals surface area contributed by atoms with Crippen LogP contribution in [0.5, 0.6) is 0 Å². The van der Waals surface area contributed by atoms with E-state index in [-0.39, 0.29) is 21.2 Å². The Morgan fingerprint density at radius 2 is 1.31 bits per heavy atom. The Labute approximate surface area is 170 Å². The zero-order valence-corrected chi connectivity index (χ0v) is 16.6. The summed E-state index contributed by atoms with van der Waals surface area (Å²) in [5, 5.41) is 21.5. The van der Waals surface area contributed by atoms with Crippen molar-refractivity contribution in [3.8, 4) is 0 Å². The van der Waals surface area contributed by atoms with Crippen molar-refractivity contribution in [3.63, 3.8) is 0 Å². The number of piperazine rings is 1. The molecule has 8 nitrogen and oxygen atoms in total. The van der Waals surface area contributed by atoms with Gasteiger partial charge in [0, 0.05) is 63.0 Å². The molecule has 0 aromatic heterocycles. The third-order valence-corrected chi connectivity index (χ3v) is 5.55. The van der Waals surface area contributed by atoms with Crippen LogP contribution in [0.25, 0.3) is 0 Å². The molecule has 0 spiro atoms. The first-order valence-corrected chi connectivity index (χ1v) is 9.85. The van der Waals surface area contributed by atoms with Crippen LogP contribution in [0.4, 0.5) is 11.4 Å². The smallest absolute Gasteiger partial charge is 0.269 e. The molecule has 1 fully saturated rings. The van der Waals surface area contributed by atoms with Crippen molar-refractivity contribution < 1.29 is 9.85 Å². The SMILES string of the molecule is C[C@H]1CN(CCc2ccc([N+](=O)[O-])cc2)CCN1CCc1ccc([N+](=O)[O-])cc1. The van der Waals surface area contributed by atoms with Gasteiger partial charge < -0.3 is 4.90 Å². The lowest BCUT2D eigenvalue weighted by atomic mass is 10.1. The number of benzene rings is 2. The quantitative estimate of drug-likeness (QED) is 0.500. The second kappa shape index (κ2) is 9.58. The number of nitro benzene ring substituents is 2. The highest BCUT2D eigenvalue weighted by atomic mass is 16.6. The zero-order valence-electron chi connectivity index (χ0n) is 16.6. The molecule has 154 valence electrons. The van der Waals surface area contributed by atoms with E-state index in [1.165, 1.54) is 0 Å². The predicted molar refractivity (Wildman–Crippen MR) is 111 cm³/mol. The van der Waals surface area contributed by atoms with E-state index in [1.54, 1.807) is 24.3 Å². The van der Waals surface area contributed by atoms with Gasteiger partial charge in [-0.3, -0.25) is 25.1 Å². The second-order valence-electron chi connectivity index (χ2n) is 7.53. The molecule has 1 aliphatic heterocycles. The van der Waals surface area contributed by atoms with Crippen molar-refractivity contribution in [1.29, 1.82) is 0 Å². The summed E-state index contributed by atoms with van der Waals surface area (Å²) in [5.74, 6) is 0. The Bertz CT molecular complexity index is 839. The summed E-state index contributed by atoms with van der Waals surface area (Å²) < 4.78 is 0. The lowest BCUT2D eigenvalue weighted by molar-refractivity contribution is -0.385. The number of hydrogen-bond acceptors (Lipinski definition) is 6. The van der Waals surface area contributed by atoms with Gasteiger partial charge in [0.25, 0.3) is 11.4 Å². The first-order valence-electron chi connectivity index (χ1n) is 9.85. The summed E-state index contributed by atoms with van der Waals surface area (Å²) in [6.45, 7) is 7.10. The molecule has 0 bridgehead atoms. The van der Waals surface area contributed by atoms with Gasteiger partial charge in [0.05, 0.1) is 9.85 Å². The van der Waals surface area contributed by atoms with Crippen LogP contribution in [0.3, 0.4) is 0 Å². The molecule has 2 aromatic carbocycles. The Morgan fingerprint density at radius 3 is 1.76 bits per heavy atom. The van der Waals surface area contributed by atoms with E-state index < -0.39 is 0 Å². The number of non-ortho nitro benzene ring substituents is 2. The van der Waals surface area contributed by atoms with Crippen LogP contribution in [0, 0.1) is 20.2 Å². The molecule has 0 aliphatic carbocycles. The van der Waals surface area contributed by atoms with Crippen LogP contribution in [0.15, 0.2) is 48.5 Å². The topological polar surface area (TPSA) is 92.8 Å². The van der Waals surface area contributed by atoms with Crippen molar-refractivity contribution in [2.24, 2.45) is 0 Å². The summed E-state index contributed by atoms with van der Waals surface area (Å²) in [4.78, 5) is 25.6. The molecule has 2 aromatic rings. The minimum atomic E-state index is -0.374. The number of nitrogens with zero attached hydrogens (tertiary/aromatic N) is 4. The first kappa shape index (κ1) is 20.9. The van der Waals surface area contributed by atoms with Gasteiger partial charge in [-0.05, 0) is 30.9 Å². The van der Waals surface area contributed by atoms with Crippen LogP contribution in [-0.2, 0) is 12.8 Å². The maximum atomic E-state index is 10.7. The minimum Gasteiger partial charge on any atom is -0.300 e. The highest BCUT2D eigenvalue weighted by Gasteiger charge is 2.23. The monoisotopic (exact) mass is 398 g/mol. The molecule has 8 heteroatoms. The fraction of sp³-hybridized carbons (Fsp3) is 0.429. The molecule has 1 heterocycles. The summed E-state index contributed by atoms with van der Waals surface area (Å²) in [6.07, 6.45) is 1.76. The molecule has 0 radical (unpaired) electrons. The summed E-state index contributed by atoms with van der Waals surface area (Å²) in [5.41, 5.74) is 2.49. The van der Waals surface area contributed by atoms with Crippen LogP contribution in [0.2, 0.25) is 0 Å². The van der Waals surface area contributed by atoms with E-state index in [4.69, 9.17) is 0 Å². The Balaban J connectivity index is 1.42. The molecule has 0 saturated carbocycles. The molecule has 1 aliphatic rings. The van der Waals surface area contributed by atoms with E-state index >= 15 is 0 Å². The molecule has 3 rings (SSSR count). The third kappa shape index (κ3) is 5.82. The largest absolute Gasteiger partial charge is 0.300 e. The summed E-state index contributed by atoms with van der Waals surface area (Å²) in [7, 11) is 0. The number of hydrogen-bond donors (Lipinski definition) is 0. The van der Waals surface area contributed by atoms with Gasteiger partial charge in [0.15, 0.2) is 0 Å². The maximum Gasteiger partial charge on any atom is 0.269 e. The van der Waals surface area contributed by atoms with E-state index in [2.05, 4.69) is 16.7 Å². The van der Waals surface area contributed by atoms with E-state index in [0.29, 0.717) is 6.04 Å². The van der Waals surface area contributed by atoms with Crippen molar-refractivity contribution in [3.05, 3.63) is 79.9 Å². The van der Waals surface area contributed by atoms with Gasteiger partial charge in [0.2, 0.25) is 0 Å². The minimum absolute atomic E-state index is 0.128. The van der Waals surface area contributed by atoms with Crippen molar-refractivity contribution >= 4 is 11.4 Å². The summed E-state index contributed by atoms with van der Waals surface area (Å²) in [6, 6.07) is 14.0. The fourth-order valence-electron chi connectivity index (χ4n) is 3.73. The van der Waals surface area contributed by atoms with Crippen molar-refractivity contribution in [1.82, 2.24) is 9.80 Å². The predicted octanol–water partition coefficient (Wildman–Crippen LogP) is 3.29. The second-order valence-corrected chi connectivity index (χ2v) is 7.53. The van der Waals surface area contributed by atoms with E-state index in [0.717, 1.165) is 56.7 Å². The van der Waals surface area contributed by atoms with Gasteiger partial charge in [-0.1, -0.05) is 24.3 Å². The average Bonchev–Trinajstić information content (AvgIpc) is 2.72. The van der Waals surface area contributed by atoms with Crippen molar-refractivity contribution in [2.45, 2.75) is 25.8 Å². The molecular formula is C21H26N4O4. The molecule has 0 amide bonds. The Morgan fingerprint density at radius 1 is 0.828 bits per heavy atom. The number of rotatable bonds is 8. The molecule has 0 unspecified atom stereocenters. The average molecular weight is 398 g/mol. The zero-order chi connectivity index (χ0) is 20.8. The Kier molecular flexibility index (Phi) is 6.90. The molecule has 29 heavy (non-hydrogen) atoms.